The molecular formula is C20H27N4S+. The molecule has 2 aromatic carbocycles. The van der Waals surface area contributed by atoms with E-state index in [1.807, 2.05) is 12.1 Å². The highest BCUT2D eigenvalue weighted by molar-refractivity contribution is 7.80. The highest BCUT2D eigenvalue weighted by Gasteiger charge is 2.19. The first-order valence-electron chi connectivity index (χ1n) is 8.98. The highest BCUT2D eigenvalue weighted by Crippen LogP contribution is 2.26. The summed E-state index contributed by atoms with van der Waals surface area (Å²) in [5.74, 6) is 0. The van der Waals surface area contributed by atoms with Crippen LogP contribution in [0.3, 0.4) is 0 Å². The van der Waals surface area contributed by atoms with Crippen LogP contribution in [0.15, 0.2) is 48.5 Å². The van der Waals surface area contributed by atoms with Crippen molar-refractivity contribution in [3.63, 3.8) is 0 Å². The molecule has 1 heterocycles. The molecule has 0 saturated carbocycles. The summed E-state index contributed by atoms with van der Waals surface area (Å²) in [6.07, 6.45) is 1.02. The zero-order valence-corrected chi connectivity index (χ0v) is 15.8. The van der Waals surface area contributed by atoms with E-state index in [4.69, 9.17) is 12.2 Å². The van der Waals surface area contributed by atoms with Crippen molar-refractivity contribution in [2.75, 3.05) is 48.8 Å². The summed E-state index contributed by atoms with van der Waals surface area (Å²) in [6, 6.07) is 16.8. The average Bonchev–Trinajstić information content (AvgIpc) is 2.63. The molecule has 0 aromatic heterocycles. The molecule has 3 rings (SSSR count). The zero-order chi connectivity index (χ0) is 17.6. The number of aryl methyl sites for hydroxylation is 1. The number of hydrogen-bond donors (Lipinski definition) is 3. The van der Waals surface area contributed by atoms with Gasteiger partial charge in [-0.1, -0.05) is 31.2 Å². The van der Waals surface area contributed by atoms with Crippen LogP contribution in [-0.4, -0.2) is 38.3 Å². The minimum atomic E-state index is 0.625. The van der Waals surface area contributed by atoms with Crippen LogP contribution in [0.25, 0.3) is 0 Å². The van der Waals surface area contributed by atoms with Crippen LogP contribution in [0.5, 0.6) is 0 Å². The molecule has 132 valence electrons. The summed E-state index contributed by atoms with van der Waals surface area (Å²) in [7, 11) is 2.25. The Labute approximate surface area is 155 Å². The molecule has 4 nitrogen and oxygen atoms in total. The second-order valence-electron chi connectivity index (χ2n) is 6.59. The second-order valence-corrected chi connectivity index (χ2v) is 7.00. The largest absolute Gasteiger partial charge is 0.359 e. The summed E-state index contributed by atoms with van der Waals surface area (Å²) < 4.78 is 0. The minimum absolute atomic E-state index is 0.625. The van der Waals surface area contributed by atoms with Gasteiger partial charge in [0.05, 0.1) is 44.6 Å². The van der Waals surface area contributed by atoms with Gasteiger partial charge in [-0.2, -0.15) is 0 Å². The van der Waals surface area contributed by atoms with Crippen LogP contribution >= 0.6 is 12.2 Å². The Morgan fingerprint density at radius 2 is 1.84 bits per heavy atom. The fourth-order valence-corrected chi connectivity index (χ4v) is 3.37. The third-order valence-electron chi connectivity index (χ3n) is 4.70. The molecule has 0 radical (unpaired) electrons. The van der Waals surface area contributed by atoms with Crippen molar-refractivity contribution in [3.8, 4) is 0 Å². The van der Waals surface area contributed by atoms with E-state index in [0.717, 1.165) is 30.9 Å². The van der Waals surface area contributed by atoms with E-state index < -0.39 is 0 Å². The van der Waals surface area contributed by atoms with Crippen molar-refractivity contribution in [3.05, 3.63) is 54.1 Å². The molecule has 0 spiro atoms. The first kappa shape index (κ1) is 17.7. The molecule has 0 bridgehead atoms. The molecule has 0 atom stereocenters. The Morgan fingerprint density at radius 3 is 2.60 bits per heavy atom. The quantitative estimate of drug-likeness (QED) is 0.736. The third kappa shape index (κ3) is 4.71. The summed E-state index contributed by atoms with van der Waals surface area (Å²) in [4.78, 5) is 4.03. The Kier molecular flexibility index (Phi) is 5.89. The van der Waals surface area contributed by atoms with E-state index in [1.165, 1.54) is 24.3 Å². The number of rotatable bonds is 4. The van der Waals surface area contributed by atoms with E-state index >= 15 is 0 Å². The third-order valence-corrected chi connectivity index (χ3v) is 4.91. The lowest BCUT2D eigenvalue weighted by molar-refractivity contribution is -0.880. The van der Waals surface area contributed by atoms with Gasteiger partial charge in [0.25, 0.3) is 0 Å². The number of quaternary nitrogens is 1. The SMILES string of the molecule is CCc1cccc(NC(=S)Nc2ccccc2N2CC[NH+](C)CC2)c1. The van der Waals surface area contributed by atoms with Crippen molar-refractivity contribution in [2.45, 2.75) is 13.3 Å². The molecule has 1 aliphatic rings. The minimum Gasteiger partial charge on any atom is -0.359 e. The molecule has 0 amide bonds. The number of nitrogens with one attached hydrogen (secondary N) is 3. The van der Waals surface area contributed by atoms with Gasteiger partial charge in [0.2, 0.25) is 0 Å². The molecular weight excluding hydrogens is 328 g/mol. The van der Waals surface area contributed by atoms with Crippen molar-refractivity contribution < 1.29 is 4.90 Å². The number of nitrogens with zero attached hydrogens (tertiary/aromatic N) is 1. The second kappa shape index (κ2) is 8.32. The maximum Gasteiger partial charge on any atom is 0.175 e. The summed E-state index contributed by atoms with van der Waals surface area (Å²) in [6.45, 7) is 6.64. The first-order chi connectivity index (χ1) is 12.2. The normalized spacial score (nSPS) is 15.0. The van der Waals surface area contributed by atoms with Gasteiger partial charge in [-0.15, -0.1) is 0 Å². The van der Waals surface area contributed by atoms with Gasteiger partial charge in [-0.05, 0) is 48.5 Å². The van der Waals surface area contributed by atoms with Crippen LogP contribution < -0.4 is 20.4 Å². The Bertz CT molecular complexity index is 723. The zero-order valence-electron chi connectivity index (χ0n) is 15.0. The number of benzene rings is 2. The standard InChI is InChI=1S/C20H26N4S/c1-3-16-7-6-8-17(15-16)21-20(25)22-18-9-4-5-10-19(18)24-13-11-23(2)12-14-24/h4-10,15H,3,11-14H2,1-2H3,(H2,21,22,25)/p+1. The number of anilines is 3. The molecule has 0 aliphatic carbocycles. The van der Waals surface area contributed by atoms with Crippen molar-refractivity contribution >= 4 is 34.4 Å². The summed E-state index contributed by atoms with van der Waals surface area (Å²) in [5, 5.41) is 7.30. The Hall–Kier alpha value is -2.11. The molecule has 1 aliphatic heterocycles. The van der Waals surface area contributed by atoms with Gasteiger partial charge in [0.1, 0.15) is 0 Å². The number of para-hydroxylation sites is 2. The lowest BCUT2D eigenvalue weighted by Crippen LogP contribution is -3.12. The van der Waals surface area contributed by atoms with Crippen LogP contribution in [0.4, 0.5) is 17.1 Å². The molecule has 1 saturated heterocycles. The summed E-state index contributed by atoms with van der Waals surface area (Å²) in [5.41, 5.74) is 4.61. The Balaban J connectivity index is 1.69. The highest BCUT2D eigenvalue weighted by atomic mass is 32.1. The maximum atomic E-state index is 5.53. The van der Waals surface area contributed by atoms with Gasteiger partial charge >= 0.3 is 0 Å². The van der Waals surface area contributed by atoms with Crippen LogP contribution in [0.2, 0.25) is 0 Å². The predicted molar refractivity (Wildman–Crippen MR) is 111 cm³/mol. The molecule has 5 heteroatoms. The van der Waals surface area contributed by atoms with Crippen molar-refractivity contribution in [1.82, 2.24) is 0 Å². The number of likely N-dealkylation sites (N-methyl/N-ethyl adjacent to an activating group) is 1. The number of piperazine rings is 1. The van der Waals surface area contributed by atoms with E-state index in [9.17, 15) is 0 Å². The van der Waals surface area contributed by atoms with Gasteiger partial charge in [-0.25, -0.2) is 0 Å². The molecule has 0 unspecified atom stereocenters. The molecule has 1 fully saturated rings. The van der Waals surface area contributed by atoms with Crippen molar-refractivity contribution in [2.24, 2.45) is 0 Å². The first-order valence-corrected chi connectivity index (χ1v) is 9.38. The number of hydrogen-bond acceptors (Lipinski definition) is 2. The molecule has 25 heavy (non-hydrogen) atoms. The van der Waals surface area contributed by atoms with Gasteiger partial charge < -0.3 is 20.4 Å². The smallest absolute Gasteiger partial charge is 0.175 e. The fourth-order valence-electron chi connectivity index (χ4n) is 3.14. The van der Waals surface area contributed by atoms with E-state index in [2.05, 4.69) is 65.9 Å². The molecule has 3 N–H and O–H groups in total. The van der Waals surface area contributed by atoms with E-state index in [-0.39, 0.29) is 0 Å². The molecule has 2 aromatic rings. The number of thiocarbonyl (C=S) groups is 1. The topological polar surface area (TPSA) is 31.7 Å². The van der Waals surface area contributed by atoms with Crippen LogP contribution in [0, 0.1) is 0 Å². The average molecular weight is 356 g/mol. The van der Waals surface area contributed by atoms with Gasteiger partial charge in [0, 0.05) is 5.69 Å². The van der Waals surface area contributed by atoms with Gasteiger partial charge in [0.15, 0.2) is 5.11 Å². The van der Waals surface area contributed by atoms with Crippen LogP contribution in [-0.2, 0) is 6.42 Å². The predicted octanol–water partition coefficient (Wildman–Crippen LogP) is 2.39. The van der Waals surface area contributed by atoms with Crippen molar-refractivity contribution in [1.29, 1.82) is 0 Å². The lowest BCUT2D eigenvalue weighted by atomic mass is 10.1. The van der Waals surface area contributed by atoms with E-state index in [1.54, 1.807) is 4.90 Å². The monoisotopic (exact) mass is 355 g/mol. The Morgan fingerprint density at radius 1 is 1.08 bits per heavy atom. The summed E-state index contributed by atoms with van der Waals surface area (Å²) >= 11 is 5.53. The maximum absolute atomic E-state index is 5.53. The fraction of sp³-hybridized carbons (Fsp3) is 0.350. The van der Waals surface area contributed by atoms with Gasteiger partial charge in [-0.3, -0.25) is 0 Å². The lowest BCUT2D eigenvalue weighted by Gasteiger charge is -2.33. The van der Waals surface area contributed by atoms with E-state index in [0.29, 0.717) is 5.11 Å². The van der Waals surface area contributed by atoms with Crippen LogP contribution in [0.1, 0.15) is 12.5 Å².